The minimum Gasteiger partial charge on any atom is -0.497 e. The van der Waals surface area contributed by atoms with Crippen LogP contribution in [-0.2, 0) is 14.8 Å². The van der Waals surface area contributed by atoms with Crippen molar-refractivity contribution in [2.45, 2.75) is 18.7 Å². The smallest absolute Gasteiger partial charge is 0.264 e. The maximum absolute atomic E-state index is 12.8. The molecule has 8 heteroatoms. The van der Waals surface area contributed by atoms with E-state index in [-0.39, 0.29) is 17.4 Å². The maximum Gasteiger partial charge on any atom is 0.264 e. The molecule has 0 aliphatic carbocycles. The zero-order chi connectivity index (χ0) is 20.7. The Morgan fingerprint density at radius 2 is 1.61 bits per heavy atom. The summed E-state index contributed by atoms with van der Waals surface area (Å²) in [4.78, 5) is 11.9. The number of carbonyl (C=O) groups is 1. The fourth-order valence-electron chi connectivity index (χ4n) is 2.31. The van der Waals surface area contributed by atoms with Crippen molar-refractivity contribution in [1.29, 1.82) is 0 Å². The molecule has 0 radical (unpaired) electrons. The molecular formula is C20H26N2O5S. The highest BCUT2D eigenvalue weighted by Gasteiger charge is 2.21. The summed E-state index contributed by atoms with van der Waals surface area (Å²) in [6.07, 6.45) is 0. The van der Waals surface area contributed by atoms with Crippen LogP contribution in [0.3, 0.4) is 0 Å². The van der Waals surface area contributed by atoms with Crippen LogP contribution in [0.2, 0.25) is 0 Å². The van der Waals surface area contributed by atoms with Crippen LogP contribution in [0.4, 0.5) is 5.69 Å². The molecule has 0 aliphatic heterocycles. The van der Waals surface area contributed by atoms with E-state index in [1.54, 1.807) is 36.4 Å². The van der Waals surface area contributed by atoms with E-state index in [9.17, 15) is 13.2 Å². The number of nitrogens with zero attached hydrogens (tertiary/aromatic N) is 1. The average molecular weight is 407 g/mol. The van der Waals surface area contributed by atoms with Crippen molar-refractivity contribution in [3.63, 3.8) is 0 Å². The van der Waals surface area contributed by atoms with Crippen molar-refractivity contribution in [2.75, 3.05) is 31.6 Å². The van der Waals surface area contributed by atoms with Crippen molar-refractivity contribution in [3.8, 4) is 11.5 Å². The van der Waals surface area contributed by atoms with Gasteiger partial charge in [0.15, 0.2) is 6.61 Å². The number of hydrogen-bond acceptors (Lipinski definition) is 5. The molecule has 0 aliphatic rings. The summed E-state index contributed by atoms with van der Waals surface area (Å²) in [6, 6.07) is 12.7. The van der Waals surface area contributed by atoms with Crippen molar-refractivity contribution in [3.05, 3.63) is 48.5 Å². The van der Waals surface area contributed by atoms with E-state index in [2.05, 4.69) is 5.32 Å². The molecular weight excluding hydrogens is 380 g/mol. The molecule has 1 amide bonds. The van der Waals surface area contributed by atoms with E-state index in [0.29, 0.717) is 29.6 Å². The molecule has 1 N–H and O–H groups in total. The summed E-state index contributed by atoms with van der Waals surface area (Å²) in [7, 11) is -0.696. The largest absolute Gasteiger partial charge is 0.497 e. The van der Waals surface area contributed by atoms with E-state index >= 15 is 0 Å². The van der Waals surface area contributed by atoms with Gasteiger partial charge >= 0.3 is 0 Å². The van der Waals surface area contributed by atoms with Gasteiger partial charge in [0.2, 0.25) is 0 Å². The molecule has 0 unspecified atom stereocenters. The lowest BCUT2D eigenvalue weighted by atomic mass is 10.2. The molecule has 0 spiro atoms. The topological polar surface area (TPSA) is 84.9 Å². The van der Waals surface area contributed by atoms with Crippen LogP contribution < -0.4 is 19.1 Å². The monoisotopic (exact) mass is 406 g/mol. The Morgan fingerprint density at radius 3 is 2.14 bits per heavy atom. The van der Waals surface area contributed by atoms with Crippen LogP contribution in [-0.4, -0.2) is 41.6 Å². The average Bonchev–Trinajstić information content (AvgIpc) is 2.70. The van der Waals surface area contributed by atoms with Crippen molar-refractivity contribution < 1.29 is 22.7 Å². The predicted octanol–water partition coefficient (Wildman–Crippen LogP) is 2.67. The second-order valence-corrected chi connectivity index (χ2v) is 8.60. The van der Waals surface area contributed by atoms with E-state index in [1.807, 2.05) is 13.8 Å². The number of benzene rings is 2. The van der Waals surface area contributed by atoms with Gasteiger partial charge in [-0.25, -0.2) is 8.42 Å². The van der Waals surface area contributed by atoms with E-state index in [1.165, 1.54) is 30.6 Å². The molecule has 7 nitrogen and oxygen atoms in total. The number of sulfonamides is 1. The quantitative estimate of drug-likeness (QED) is 0.692. The predicted molar refractivity (Wildman–Crippen MR) is 108 cm³/mol. The van der Waals surface area contributed by atoms with Crippen LogP contribution in [0.15, 0.2) is 53.4 Å². The summed E-state index contributed by atoms with van der Waals surface area (Å²) in [5.74, 6) is 1.24. The van der Waals surface area contributed by atoms with Gasteiger partial charge in [0.05, 0.1) is 17.7 Å². The fraction of sp³-hybridized carbons (Fsp3) is 0.350. The van der Waals surface area contributed by atoms with Gasteiger partial charge in [0.25, 0.3) is 15.9 Å². The first-order valence-corrected chi connectivity index (χ1v) is 10.3. The second kappa shape index (κ2) is 9.45. The molecule has 0 fully saturated rings. The lowest BCUT2D eigenvalue weighted by Crippen LogP contribution is -2.31. The first-order chi connectivity index (χ1) is 13.2. The Morgan fingerprint density at radius 1 is 1.04 bits per heavy atom. The van der Waals surface area contributed by atoms with Crippen LogP contribution >= 0.6 is 0 Å². The number of carbonyl (C=O) groups excluding carboxylic acids is 1. The molecule has 0 aromatic heterocycles. The molecule has 152 valence electrons. The van der Waals surface area contributed by atoms with Gasteiger partial charge < -0.3 is 14.8 Å². The van der Waals surface area contributed by atoms with Gasteiger partial charge in [-0.2, -0.15) is 0 Å². The first-order valence-electron chi connectivity index (χ1n) is 8.86. The zero-order valence-electron chi connectivity index (χ0n) is 16.5. The van der Waals surface area contributed by atoms with Crippen molar-refractivity contribution in [2.24, 2.45) is 5.92 Å². The fourth-order valence-corrected chi connectivity index (χ4v) is 3.51. The van der Waals surface area contributed by atoms with E-state index < -0.39 is 10.0 Å². The number of rotatable bonds is 9. The highest BCUT2D eigenvalue weighted by Crippen LogP contribution is 2.25. The zero-order valence-corrected chi connectivity index (χ0v) is 17.3. The van der Waals surface area contributed by atoms with Crippen molar-refractivity contribution in [1.82, 2.24) is 5.32 Å². The lowest BCUT2D eigenvalue weighted by molar-refractivity contribution is -0.123. The first kappa shape index (κ1) is 21.6. The van der Waals surface area contributed by atoms with E-state index in [0.717, 1.165) is 0 Å². The third-order valence-corrected chi connectivity index (χ3v) is 5.80. The van der Waals surface area contributed by atoms with Gasteiger partial charge in [-0.3, -0.25) is 9.10 Å². The molecule has 0 bridgehead atoms. The summed E-state index contributed by atoms with van der Waals surface area (Å²) >= 11 is 0. The Bertz CT molecular complexity index is 878. The minimum absolute atomic E-state index is 0.0912. The number of nitrogens with one attached hydrogen (secondary N) is 1. The number of hydrogen-bond donors (Lipinski definition) is 1. The Balaban J connectivity index is 2.02. The molecule has 2 aromatic rings. The second-order valence-electron chi connectivity index (χ2n) is 6.63. The van der Waals surface area contributed by atoms with Crippen LogP contribution in [0.5, 0.6) is 11.5 Å². The highest BCUT2D eigenvalue weighted by molar-refractivity contribution is 7.92. The summed E-state index contributed by atoms with van der Waals surface area (Å²) in [6.45, 7) is 4.52. The summed E-state index contributed by atoms with van der Waals surface area (Å²) < 4.78 is 37.2. The van der Waals surface area contributed by atoms with E-state index in [4.69, 9.17) is 9.47 Å². The number of amides is 1. The Hall–Kier alpha value is -2.74. The van der Waals surface area contributed by atoms with Gasteiger partial charge in [-0.15, -0.1) is 0 Å². The van der Waals surface area contributed by atoms with Gasteiger partial charge in [-0.05, 0) is 54.4 Å². The SMILES string of the molecule is COc1ccc(S(=O)(=O)N(C)c2ccc(OCC(=O)NCC(C)C)cc2)cc1. The Labute approximate surface area is 166 Å². The molecule has 0 atom stereocenters. The third-order valence-electron chi connectivity index (χ3n) is 4.00. The molecule has 2 rings (SSSR count). The molecule has 0 saturated carbocycles. The van der Waals surface area contributed by atoms with Gasteiger partial charge in [-0.1, -0.05) is 13.8 Å². The number of anilines is 1. The van der Waals surface area contributed by atoms with Gasteiger partial charge in [0.1, 0.15) is 11.5 Å². The molecule has 2 aromatic carbocycles. The summed E-state index contributed by atoms with van der Waals surface area (Å²) in [5, 5.41) is 2.77. The highest BCUT2D eigenvalue weighted by atomic mass is 32.2. The normalized spacial score (nSPS) is 11.2. The molecule has 0 saturated heterocycles. The van der Waals surface area contributed by atoms with Crippen LogP contribution in [0.1, 0.15) is 13.8 Å². The van der Waals surface area contributed by atoms with Crippen LogP contribution in [0.25, 0.3) is 0 Å². The van der Waals surface area contributed by atoms with Crippen molar-refractivity contribution >= 4 is 21.6 Å². The molecule has 28 heavy (non-hydrogen) atoms. The van der Waals surface area contributed by atoms with Gasteiger partial charge in [0, 0.05) is 13.6 Å². The maximum atomic E-state index is 12.8. The lowest BCUT2D eigenvalue weighted by Gasteiger charge is -2.20. The number of ether oxygens (including phenoxy) is 2. The third kappa shape index (κ3) is 5.63. The minimum atomic E-state index is -3.70. The van der Waals surface area contributed by atoms with Crippen LogP contribution in [0, 0.1) is 5.92 Å². The Kier molecular flexibility index (Phi) is 7.28. The standard InChI is InChI=1S/C20H26N2O5S/c1-15(2)13-21-20(23)14-27-18-7-5-16(6-8-18)22(3)28(24,25)19-11-9-17(26-4)10-12-19/h5-12,15H,13-14H2,1-4H3,(H,21,23). The summed E-state index contributed by atoms with van der Waals surface area (Å²) in [5.41, 5.74) is 0.479. The number of methoxy groups -OCH3 is 1. The molecule has 0 heterocycles.